The zero-order valence-electron chi connectivity index (χ0n) is 10.8. The lowest BCUT2D eigenvalue weighted by Gasteiger charge is -2.05. The van der Waals surface area contributed by atoms with Crippen molar-refractivity contribution in [2.75, 3.05) is 7.11 Å². The molecule has 0 N–H and O–H groups in total. The Morgan fingerprint density at radius 2 is 2.17 bits per heavy atom. The van der Waals surface area contributed by atoms with Crippen molar-refractivity contribution >= 4 is 5.78 Å². The van der Waals surface area contributed by atoms with Crippen LogP contribution < -0.4 is 4.74 Å². The van der Waals surface area contributed by atoms with Crippen molar-refractivity contribution < 1.29 is 9.53 Å². The van der Waals surface area contributed by atoms with Crippen LogP contribution in [0, 0.1) is 0 Å². The maximum atomic E-state index is 12.4. The molecular formula is C12H16N4O2. The molecule has 2 aromatic heterocycles. The molecule has 2 rings (SSSR count). The first-order valence-electron chi connectivity index (χ1n) is 5.80. The number of hydrogen-bond acceptors (Lipinski definition) is 4. The number of aryl methyl sites for hydroxylation is 2. The fourth-order valence-electron chi connectivity index (χ4n) is 1.80. The van der Waals surface area contributed by atoms with Crippen LogP contribution >= 0.6 is 0 Å². The molecule has 2 aromatic rings. The molecule has 0 fully saturated rings. The summed E-state index contributed by atoms with van der Waals surface area (Å²) in [6.07, 6.45) is 5.70. The minimum atomic E-state index is -0.120. The second-order valence-corrected chi connectivity index (χ2v) is 4.02. The summed E-state index contributed by atoms with van der Waals surface area (Å²) in [4.78, 5) is 12.4. The molecule has 2 heterocycles. The molecule has 96 valence electrons. The van der Waals surface area contributed by atoms with E-state index in [0.717, 1.165) is 6.42 Å². The van der Waals surface area contributed by atoms with Crippen LogP contribution in [0.15, 0.2) is 18.6 Å². The summed E-state index contributed by atoms with van der Waals surface area (Å²) in [5, 5.41) is 8.18. The Morgan fingerprint density at radius 1 is 1.39 bits per heavy atom. The maximum Gasteiger partial charge on any atom is 0.218 e. The molecular weight excluding hydrogens is 232 g/mol. The summed E-state index contributed by atoms with van der Waals surface area (Å²) in [5.74, 6) is 0.378. The highest BCUT2D eigenvalue weighted by molar-refractivity contribution is 6.09. The number of hydrogen-bond donors (Lipinski definition) is 0. The van der Waals surface area contributed by atoms with Crippen LogP contribution in [0.2, 0.25) is 0 Å². The Hall–Kier alpha value is -2.11. The normalized spacial score (nSPS) is 10.6. The molecule has 0 bridgehead atoms. The molecule has 0 atom stereocenters. The molecule has 0 unspecified atom stereocenters. The second kappa shape index (κ2) is 5.03. The first-order valence-corrected chi connectivity index (χ1v) is 5.80. The summed E-state index contributed by atoms with van der Waals surface area (Å²) < 4.78 is 8.46. The third-order valence-electron chi connectivity index (χ3n) is 2.64. The standard InChI is InChI=1S/C12H16N4O2/c1-4-5-16-11(10(18-3)7-14-16)12(17)9-6-13-15(2)8-9/h6-8H,4-5H2,1-3H3. The van der Waals surface area contributed by atoms with Crippen molar-refractivity contribution in [1.29, 1.82) is 0 Å². The zero-order chi connectivity index (χ0) is 13.1. The van der Waals surface area contributed by atoms with Gasteiger partial charge in [0, 0.05) is 19.8 Å². The van der Waals surface area contributed by atoms with Gasteiger partial charge in [0.05, 0.1) is 25.1 Å². The molecule has 0 aliphatic rings. The third kappa shape index (κ3) is 2.13. The van der Waals surface area contributed by atoms with E-state index in [1.807, 2.05) is 6.92 Å². The number of carbonyl (C=O) groups is 1. The Labute approximate surface area is 105 Å². The van der Waals surface area contributed by atoms with Crippen molar-refractivity contribution in [3.05, 3.63) is 29.8 Å². The van der Waals surface area contributed by atoms with Gasteiger partial charge in [-0.25, -0.2) is 0 Å². The average molecular weight is 248 g/mol. The molecule has 6 nitrogen and oxygen atoms in total. The van der Waals surface area contributed by atoms with E-state index in [1.165, 1.54) is 7.11 Å². The van der Waals surface area contributed by atoms with E-state index in [2.05, 4.69) is 10.2 Å². The number of aromatic nitrogens is 4. The Bertz CT molecular complexity index is 556. The number of methoxy groups -OCH3 is 1. The largest absolute Gasteiger partial charge is 0.493 e. The number of nitrogens with zero attached hydrogens (tertiary/aromatic N) is 4. The van der Waals surface area contributed by atoms with Crippen LogP contribution in [0.1, 0.15) is 29.4 Å². The lowest BCUT2D eigenvalue weighted by molar-refractivity contribution is 0.102. The van der Waals surface area contributed by atoms with Crippen molar-refractivity contribution in [3.63, 3.8) is 0 Å². The highest BCUT2D eigenvalue weighted by Crippen LogP contribution is 2.21. The van der Waals surface area contributed by atoms with Gasteiger partial charge in [-0.1, -0.05) is 6.92 Å². The monoisotopic (exact) mass is 248 g/mol. The average Bonchev–Trinajstić information content (AvgIpc) is 2.95. The minimum absolute atomic E-state index is 0.120. The van der Waals surface area contributed by atoms with Crippen LogP contribution in [-0.2, 0) is 13.6 Å². The first-order chi connectivity index (χ1) is 8.67. The summed E-state index contributed by atoms with van der Waals surface area (Å²) in [6, 6.07) is 0. The Kier molecular flexibility index (Phi) is 3.45. The second-order valence-electron chi connectivity index (χ2n) is 4.02. The Morgan fingerprint density at radius 3 is 2.72 bits per heavy atom. The summed E-state index contributed by atoms with van der Waals surface area (Å²) in [6.45, 7) is 2.72. The summed E-state index contributed by atoms with van der Waals surface area (Å²) in [7, 11) is 3.31. The fourth-order valence-corrected chi connectivity index (χ4v) is 1.80. The molecule has 0 radical (unpaired) electrons. The smallest absolute Gasteiger partial charge is 0.218 e. The van der Waals surface area contributed by atoms with Crippen LogP contribution in [0.25, 0.3) is 0 Å². The quantitative estimate of drug-likeness (QED) is 0.747. The molecule has 6 heteroatoms. The molecule has 0 aliphatic heterocycles. The van der Waals surface area contributed by atoms with Gasteiger partial charge in [0.2, 0.25) is 5.78 Å². The van der Waals surface area contributed by atoms with Gasteiger partial charge in [0.15, 0.2) is 11.4 Å². The highest BCUT2D eigenvalue weighted by atomic mass is 16.5. The van der Waals surface area contributed by atoms with E-state index in [1.54, 1.807) is 35.0 Å². The van der Waals surface area contributed by atoms with Gasteiger partial charge in [-0.15, -0.1) is 0 Å². The van der Waals surface area contributed by atoms with Gasteiger partial charge < -0.3 is 4.74 Å². The van der Waals surface area contributed by atoms with Crippen molar-refractivity contribution in [2.45, 2.75) is 19.9 Å². The Balaban J connectivity index is 2.42. The van der Waals surface area contributed by atoms with E-state index in [4.69, 9.17) is 4.74 Å². The topological polar surface area (TPSA) is 61.9 Å². The lowest BCUT2D eigenvalue weighted by atomic mass is 10.1. The van der Waals surface area contributed by atoms with E-state index in [9.17, 15) is 4.79 Å². The van der Waals surface area contributed by atoms with Gasteiger partial charge in [0.1, 0.15) is 0 Å². The van der Waals surface area contributed by atoms with Crippen LogP contribution in [-0.4, -0.2) is 32.5 Å². The van der Waals surface area contributed by atoms with Gasteiger partial charge in [-0.05, 0) is 6.42 Å². The van der Waals surface area contributed by atoms with E-state index in [-0.39, 0.29) is 5.78 Å². The predicted molar refractivity (Wildman–Crippen MR) is 65.7 cm³/mol. The molecule has 0 aliphatic carbocycles. The fraction of sp³-hybridized carbons (Fsp3) is 0.417. The zero-order valence-corrected chi connectivity index (χ0v) is 10.8. The minimum Gasteiger partial charge on any atom is -0.493 e. The summed E-state index contributed by atoms with van der Waals surface area (Å²) >= 11 is 0. The van der Waals surface area contributed by atoms with Crippen LogP contribution in [0.5, 0.6) is 5.75 Å². The summed E-state index contributed by atoms with van der Waals surface area (Å²) in [5.41, 5.74) is 1.01. The molecule has 0 amide bonds. The van der Waals surface area contributed by atoms with Gasteiger partial charge in [-0.2, -0.15) is 10.2 Å². The van der Waals surface area contributed by atoms with E-state index < -0.39 is 0 Å². The first kappa shape index (κ1) is 12.3. The number of ether oxygens (including phenoxy) is 1. The molecule has 0 saturated carbocycles. The van der Waals surface area contributed by atoms with E-state index >= 15 is 0 Å². The maximum absolute atomic E-state index is 12.4. The van der Waals surface area contributed by atoms with Crippen LogP contribution in [0.3, 0.4) is 0 Å². The van der Waals surface area contributed by atoms with Crippen LogP contribution in [0.4, 0.5) is 0 Å². The predicted octanol–water partition coefficient (Wildman–Crippen LogP) is 1.27. The van der Waals surface area contributed by atoms with Gasteiger partial charge >= 0.3 is 0 Å². The van der Waals surface area contributed by atoms with Crippen molar-refractivity contribution in [1.82, 2.24) is 19.6 Å². The van der Waals surface area contributed by atoms with Gasteiger partial charge in [0.25, 0.3) is 0 Å². The molecule has 0 saturated heterocycles. The number of rotatable bonds is 5. The van der Waals surface area contributed by atoms with Gasteiger partial charge in [-0.3, -0.25) is 14.2 Å². The molecule has 18 heavy (non-hydrogen) atoms. The van der Waals surface area contributed by atoms with E-state index in [0.29, 0.717) is 23.6 Å². The van der Waals surface area contributed by atoms with Crippen molar-refractivity contribution in [3.8, 4) is 5.75 Å². The number of ketones is 1. The number of carbonyl (C=O) groups excluding carboxylic acids is 1. The highest BCUT2D eigenvalue weighted by Gasteiger charge is 2.21. The molecule has 0 spiro atoms. The lowest BCUT2D eigenvalue weighted by Crippen LogP contribution is -2.12. The SMILES string of the molecule is CCCn1ncc(OC)c1C(=O)c1cnn(C)c1. The molecule has 0 aromatic carbocycles. The third-order valence-corrected chi connectivity index (χ3v) is 2.64. The van der Waals surface area contributed by atoms with Crippen molar-refractivity contribution in [2.24, 2.45) is 7.05 Å².